The van der Waals surface area contributed by atoms with Gasteiger partial charge in [0.15, 0.2) is 12.2 Å². The van der Waals surface area contributed by atoms with E-state index < -0.39 is 24.1 Å². The minimum absolute atomic E-state index is 0.0220. The predicted molar refractivity (Wildman–Crippen MR) is 95.4 cm³/mol. The van der Waals surface area contributed by atoms with Crippen LogP contribution < -0.4 is 0 Å². The lowest BCUT2D eigenvalue weighted by Gasteiger charge is -2.16. The topological polar surface area (TPSA) is 93.1 Å². The molecule has 0 aliphatic rings. The summed E-state index contributed by atoms with van der Waals surface area (Å²) in [6.45, 7) is 7.95. The van der Waals surface area contributed by atoms with Gasteiger partial charge in [-0.05, 0) is 23.8 Å². The molecule has 0 heterocycles. The van der Waals surface area contributed by atoms with Crippen LogP contribution in [-0.4, -0.2) is 41.5 Å². The number of hydrogen-bond donors (Lipinski definition) is 2. The van der Waals surface area contributed by atoms with Crippen LogP contribution in [0.1, 0.15) is 39.7 Å². The van der Waals surface area contributed by atoms with Crippen LogP contribution in [0.3, 0.4) is 0 Å². The maximum Gasteiger partial charge on any atom is 0.333 e. The lowest BCUT2D eigenvalue weighted by molar-refractivity contribution is -0.154. The first-order chi connectivity index (χ1) is 11.7. The van der Waals surface area contributed by atoms with Gasteiger partial charge in [-0.15, -0.1) is 0 Å². The Morgan fingerprint density at radius 3 is 1.88 bits per heavy atom. The van der Waals surface area contributed by atoms with E-state index >= 15 is 0 Å². The lowest BCUT2D eigenvalue weighted by Crippen LogP contribution is -2.29. The van der Waals surface area contributed by atoms with E-state index in [1.807, 2.05) is 58.0 Å². The van der Waals surface area contributed by atoms with Gasteiger partial charge in [-0.2, -0.15) is 0 Å². The van der Waals surface area contributed by atoms with E-state index in [0.717, 1.165) is 5.56 Å². The van der Waals surface area contributed by atoms with Gasteiger partial charge in [0.25, 0.3) is 0 Å². The second kappa shape index (κ2) is 12.4. The SMILES string of the molecule is CC(C)C(OCc1ccccc1)C(=O)O.COC(CC(C)C)C(=O)O. The number of carboxylic acid groups (broad SMARTS) is 2. The van der Waals surface area contributed by atoms with E-state index in [1.54, 1.807) is 0 Å². The minimum atomic E-state index is -0.902. The van der Waals surface area contributed by atoms with E-state index in [-0.39, 0.29) is 5.92 Å². The molecule has 6 nitrogen and oxygen atoms in total. The Kier molecular flexibility index (Phi) is 11.5. The summed E-state index contributed by atoms with van der Waals surface area (Å²) in [5.74, 6) is -1.44. The van der Waals surface area contributed by atoms with Gasteiger partial charge in [0.2, 0.25) is 0 Å². The summed E-state index contributed by atoms with van der Waals surface area (Å²) in [7, 11) is 1.42. The van der Waals surface area contributed by atoms with Crippen LogP contribution in [0.5, 0.6) is 0 Å². The third-order valence-electron chi connectivity index (χ3n) is 3.37. The fraction of sp³-hybridized carbons (Fsp3) is 0.579. The number of hydrogen-bond acceptors (Lipinski definition) is 4. The predicted octanol–water partition coefficient (Wildman–Crippen LogP) is 3.44. The summed E-state index contributed by atoms with van der Waals surface area (Å²) in [6.07, 6.45) is -0.795. The van der Waals surface area contributed by atoms with Crippen LogP contribution in [-0.2, 0) is 25.7 Å². The molecule has 0 spiro atoms. The van der Waals surface area contributed by atoms with Crippen molar-refractivity contribution in [3.05, 3.63) is 35.9 Å². The molecule has 0 fully saturated rings. The molecule has 0 saturated heterocycles. The zero-order chi connectivity index (χ0) is 19.4. The molecule has 1 rings (SSSR count). The standard InChI is InChI=1S/C12H16O3.C7H14O3/c1-9(2)11(12(13)14)15-8-10-6-4-3-5-7-10;1-5(2)4-6(10-3)7(8)9/h3-7,9,11H,8H2,1-2H3,(H,13,14);5-6H,4H2,1-3H3,(H,8,9). The highest BCUT2D eigenvalue weighted by Crippen LogP contribution is 2.10. The van der Waals surface area contributed by atoms with E-state index in [9.17, 15) is 9.59 Å². The maximum absolute atomic E-state index is 10.8. The van der Waals surface area contributed by atoms with Crippen molar-refractivity contribution in [2.24, 2.45) is 11.8 Å². The molecular weight excluding hydrogens is 324 g/mol. The van der Waals surface area contributed by atoms with Crippen LogP contribution in [0.15, 0.2) is 30.3 Å². The molecule has 25 heavy (non-hydrogen) atoms. The first-order valence-electron chi connectivity index (χ1n) is 8.32. The second-order valence-corrected chi connectivity index (χ2v) is 6.49. The van der Waals surface area contributed by atoms with Crippen LogP contribution in [0, 0.1) is 11.8 Å². The van der Waals surface area contributed by atoms with Gasteiger partial charge in [0.05, 0.1) is 6.61 Å². The van der Waals surface area contributed by atoms with E-state index in [0.29, 0.717) is 18.9 Å². The molecule has 0 bridgehead atoms. The Morgan fingerprint density at radius 2 is 1.56 bits per heavy atom. The van der Waals surface area contributed by atoms with Crippen molar-refractivity contribution in [3.63, 3.8) is 0 Å². The van der Waals surface area contributed by atoms with Crippen molar-refractivity contribution >= 4 is 11.9 Å². The molecule has 1 aromatic rings. The zero-order valence-electron chi connectivity index (χ0n) is 15.6. The van der Waals surface area contributed by atoms with Crippen molar-refractivity contribution in [2.75, 3.05) is 7.11 Å². The number of rotatable bonds is 9. The maximum atomic E-state index is 10.8. The first kappa shape index (κ1) is 23.1. The summed E-state index contributed by atoms with van der Waals surface area (Å²) in [4.78, 5) is 21.2. The molecule has 0 aliphatic carbocycles. The fourth-order valence-corrected chi connectivity index (χ4v) is 2.04. The Labute approximate surface area is 149 Å². The monoisotopic (exact) mass is 354 g/mol. The average Bonchev–Trinajstić information content (AvgIpc) is 2.53. The van der Waals surface area contributed by atoms with Crippen LogP contribution >= 0.6 is 0 Å². The summed E-state index contributed by atoms with van der Waals surface area (Å²) in [5, 5.41) is 17.4. The van der Waals surface area contributed by atoms with Crippen LogP contribution in [0.2, 0.25) is 0 Å². The average molecular weight is 354 g/mol. The summed E-state index contributed by atoms with van der Waals surface area (Å²) in [5.41, 5.74) is 0.990. The Balaban J connectivity index is 0.000000504. The van der Waals surface area contributed by atoms with E-state index in [2.05, 4.69) is 0 Å². The highest BCUT2D eigenvalue weighted by Gasteiger charge is 2.21. The normalized spacial score (nSPS) is 13.1. The quantitative estimate of drug-likeness (QED) is 0.705. The Morgan fingerprint density at radius 1 is 1.00 bits per heavy atom. The molecule has 0 radical (unpaired) electrons. The Bertz CT molecular complexity index is 498. The van der Waals surface area contributed by atoms with Crippen molar-refractivity contribution in [1.29, 1.82) is 0 Å². The van der Waals surface area contributed by atoms with Gasteiger partial charge in [-0.1, -0.05) is 58.0 Å². The van der Waals surface area contributed by atoms with Gasteiger partial charge in [0, 0.05) is 7.11 Å². The van der Waals surface area contributed by atoms with Gasteiger partial charge < -0.3 is 19.7 Å². The molecule has 0 amide bonds. The zero-order valence-corrected chi connectivity index (χ0v) is 15.6. The number of ether oxygens (including phenoxy) is 2. The van der Waals surface area contributed by atoms with Gasteiger partial charge in [-0.25, -0.2) is 9.59 Å². The molecule has 0 aromatic heterocycles. The van der Waals surface area contributed by atoms with Crippen molar-refractivity contribution in [1.82, 2.24) is 0 Å². The molecule has 0 saturated carbocycles. The fourth-order valence-electron chi connectivity index (χ4n) is 2.04. The number of benzene rings is 1. The van der Waals surface area contributed by atoms with Crippen molar-refractivity contribution in [3.8, 4) is 0 Å². The minimum Gasteiger partial charge on any atom is -0.479 e. The smallest absolute Gasteiger partial charge is 0.333 e. The van der Waals surface area contributed by atoms with Crippen LogP contribution in [0.25, 0.3) is 0 Å². The summed E-state index contributed by atoms with van der Waals surface area (Å²) < 4.78 is 10.1. The highest BCUT2D eigenvalue weighted by atomic mass is 16.5. The van der Waals surface area contributed by atoms with Crippen molar-refractivity contribution in [2.45, 2.75) is 52.9 Å². The third kappa shape index (κ3) is 10.5. The van der Waals surface area contributed by atoms with Gasteiger partial charge in [-0.3, -0.25) is 0 Å². The van der Waals surface area contributed by atoms with E-state index in [4.69, 9.17) is 19.7 Å². The third-order valence-corrected chi connectivity index (χ3v) is 3.37. The lowest BCUT2D eigenvalue weighted by atomic mass is 10.1. The number of aliphatic carboxylic acids is 2. The molecule has 6 heteroatoms. The first-order valence-corrected chi connectivity index (χ1v) is 8.32. The van der Waals surface area contributed by atoms with Crippen molar-refractivity contribution < 1.29 is 29.3 Å². The largest absolute Gasteiger partial charge is 0.479 e. The molecular formula is C19H30O6. The van der Waals surface area contributed by atoms with Crippen LogP contribution in [0.4, 0.5) is 0 Å². The molecule has 2 unspecified atom stereocenters. The molecule has 1 aromatic carbocycles. The molecule has 2 atom stereocenters. The van der Waals surface area contributed by atoms with Gasteiger partial charge >= 0.3 is 11.9 Å². The summed E-state index contributed by atoms with van der Waals surface area (Å²) >= 11 is 0. The highest BCUT2D eigenvalue weighted by molar-refractivity contribution is 5.72. The second-order valence-electron chi connectivity index (χ2n) is 6.49. The molecule has 0 aliphatic heterocycles. The molecule has 2 N–H and O–H groups in total. The Hall–Kier alpha value is -1.92. The number of carboxylic acids is 2. The summed E-state index contributed by atoms with van der Waals surface area (Å²) in [6, 6.07) is 9.56. The van der Waals surface area contributed by atoms with E-state index in [1.165, 1.54) is 7.11 Å². The number of carbonyl (C=O) groups is 2. The molecule has 142 valence electrons. The number of methoxy groups -OCH3 is 1. The van der Waals surface area contributed by atoms with Gasteiger partial charge in [0.1, 0.15) is 0 Å².